The molecule has 1 saturated carbocycles. The van der Waals surface area contributed by atoms with Crippen LogP contribution in [0.1, 0.15) is 42.5 Å². The van der Waals surface area contributed by atoms with Gasteiger partial charge in [-0.2, -0.15) is 5.10 Å². The van der Waals surface area contributed by atoms with Gasteiger partial charge >= 0.3 is 0 Å². The molecule has 0 aromatic carbocycles. The zero-order valence-corrected chi connectivity index (χ0v) is 16.2. The van der Waals surface area contributed by atoms with Crippen molar-refractivity contribution in [2.75, 3.05) is 26.2 Å². The molecule has 8 heteroatoms. The smallest absolute Gasteiger partial charge is 0.254 e. The Balaban J connectivity index is 0.00000243. The van der Waals surface area contributed by atoms with Crippen molar-refractivity contribution in [3.8, 4) is 0 Å². The molecule has 2 atom stereocenters. The minimum Gasteiger partial charge on any atom is -0.352 e. The highest BCUT2D eigenvalue weighted by molar-refractivity contribution is 5.93. The van der Waals surface area contributed by atoms with Gasteiger partial charge in [-0.25, -0.2) is 0 Å². The molecular formula is C18H30ClN5O2. The number of nitrogens with one attached hydrogen (secondary N) is 1. The van der Waals surface area contributed by atoms with Crippen molar-refractivity contribution in [3.05, 3.63) is 18.0 Å². The van der Waals surface area contributed by atoms with E-state index in [1.54, 1.807) is 24.1 Å². The molecule has 146 valence electrons. The van der Waals surface area contributed by atoms with Crippen LogP contribution in [0.2, 0.25) is 0 Å². The Bertz CT molecular complexity index is 612. The molecule has 0 bridgehead atoms. The van der Waals surface area contributed by atoms with Gasteiger partial charge in [0, 0.05) is 38.8 Å². The molecule has 26 heavy (non-hydrogen) atoms. The number of likely N-dealkylation sites (tertiary alicyclic amines) is 1. The van der Waals surface area contributed by atoms with E-state index in [0.717, 1.165) is 45.2 Å². The largest absolute Gasteiger partial charge is 0.352 e. The van der Waals surface area contributed by atoms with Crippen molar-refractivity contribution >= 4 is 24.2 Å². The third-order valence-corrected chi connectivity index (χ3v) is 5.72. The Morgan fingerprint density at radius 3 is 2.62 bits per heavy atom. The van der Waals surface area contributed by atoms with E-state index >= 15 is 0 Å². The number of hydrogen-bond acceptors (Lipinski definition) is 4. The predicted octanol–water partition coefficient (Wildman–Crippen LogP) is 1.19. The Hall–Kier alpha value is -1.60. The maximum Gasteiger partial charge on any atom is 0.254 e. The van der Waals surface area contributed by atoms with Crippen molar-refractivity contribution in [1.29, 1.82) is 0 Å². The summed E-state index contributed by atoms with van der Waals surface area (Å²) in [4.78, 5) is 26.8. The Morgan fingerprint density at radius 2 is 2.00 bits per heavy atom. The molecule has 1 aliphatic carbocycles. The van der Waals surface area contributed by atoms with Crippen LogP contribution < -0.4 is 11.1 Å². The molecular weight excluding hydrogens is 354 g/mol. The molecule has 0 radical (unpaired) electrons. The normalized spacial score (nSPS) is 23.5. The van der Waals surface area contributed by atoms with Gasteiger partial charge in [0.2, 0.25) is 5.91 Å². The fraction of sp³-hybridized carbons (Fsp3) is 0.722. The van der Waals surface area contributed by atoms with Gasteiger partial charge in [0.15, 0.2) is 0 Å². The topological polar surface area (TPSA) is 93.2 Å². The number of nitrogens with zero attached hydrogens (tertiary/aromatic N) is 3. The van der Waals surface area contributed by atoms with Gasteiger partial charge in [0.1, 0.15) is 0 Å². The van der Waals surface area contributed by atoms with Gasteiger partial charge in [-0.05, 0) is 44.1 Å². The molecule has 2 aliphatic rings. The highest BCUT2D eigenvalue weighted by Gasteiger charge is 2.35. The summed E-state index contributed by atoms with van der Waals surface area (Å²) in [7, 11) is 1.79. The van der Waals surface area contributed by atoms with Gasteiger partial charge in [-0.1, -0.05) is 6.42 Å². The van der Waals surface area contributed by atoms with Crippen LogP contribution in [0, 0.1) is 17.8 Å². The minimum atomic E-state index is -0.0802. The summed E-state index contributed by atoms with van der Waals surface area (Å²) in [6, 6.07) is 0. The number of rotatable bonds is 5. The van der Waals surface area contributed by atoms with Crippen molar-refractivity contribution < 1.29 is 9.59 Å². The Morgan fingerprint density at radius 1 is 1.27 bits per heavy atom. The lowest BCUT2D eigenvalue weighted by atomic mass is 9.91. The van der Waals surface area contributed by atoms with Gasteiger partial charge in [0.25, 0.3) is 5.91 Å². The van der Waals surface area contributed by atoms with Crippen LogP contribution in [0.15, 0.2) is 12.4 Å². The number of aryl methyl sites for hydroxylation is 1. The second-order valence-electron chi connectivity index (χ2n) is 7.41. The number of carbonyl (C=O) groups excluding carboxylic acids is 2. The monoisotopic (exact) mass is 383 g/mol. The Kier molecular flexibility index (Phi) is 7.46. The Labute approximate surface area is 161 Å². The number of piperidine rings is 1. The first-order valence-corrected chi connectivity index (χ1v) is 9.34. The van der Waals surface area contributed by atoms with E-state index < -0.39 is 0 Å². The first kappa shape index (κ1) is 20.7. The molecule has 3 rings (SSSR count). The first-order valence-electron chi connectivity index (χ1n) is 9.34. The summed E-state index contributed by atoms with van der Waals surface area (Å²) in [6.45, 7) is 2.86. The third-order valence-electron chi connectivity index (χ3n) is 5.72. The number of halogens is 1. The highest BCUT2D eigenvalue weighted by Crippen LogP contribution is 2.33. The van der Waals surface area contributed by atoms with Gasteiger partial charge < -0.3 is 16.0 Å². The number of hydrogen-bond donors (Lipinski definition) is 2. The van der Waals surface area contributed by atoms with E-state index in [0.29, 0.717) is 36.4 Å². The average Bonchev–Trinajstić information content (AvgIpc) is 3.28. The van der Waals surface area contributed by atoms with E-state index in [1.165, 1.54) is 0 Å². The van der Waals surface area contributed by atoms with E-state index in [9.17, 15) is 9.59 Å². The van der Waals surface area contributed by atoms with Gasteiger partial charge in [-0.3, -0.25) is 14.3 Å². The average molecular weight is 384 g/mol. The zero-order chi connectivity index (χ0) is 17.8. The summed E-state index contributed by atoms with van der Waals surface area (Å²) in [5, 5.41) is 7.00. The van der Waals surface area contributed by atoms with E-state index in [1.807, 2.05) is 4.90 Å². The third kappa shape index (κ3) is 4.76. The molecule has 2 fully saturated rings. The SMILES string of the molecule is Cl.Cn1cc(C(=O)NCC2CCN(C(=O)[C@@H]3CCC[C@@H]3CN)CC2)cn1. The quantitative estimate of drug-likeness (QED) is 0.798. The van der Waals surface area contributed by atoms with Crippen LogP contribution in [0.3, 0.4) is 0 Å². The molecule has 1 aromatic heterocycles. The lowest BCUT2D eigenvalue weighted by Crippen LogP contribution is -2.45. The fourth-order valence-electron chi connectivity index (χ4n) is 4.11. The molecule has 3 N–H and O–H groups in total. The molecule has 1 aliphatic heterocycles. The van der Waals surface area contributed by atoms with Crippen molar-refractivity contribution in [1.82, 2.24) is 20.0 Å². The summed E-state index contributed by atoms with van der Waals surface area (Å²) in [5.41, 5.74) is 6.40. The minimum absolute atomic E-state index is 0. The number of carbonyl (C=O) groups is 2. The maximum absolute atomic E-state index is 12.7. The summed E-state index contributed by atoms with van der Waals surface area (Å²) >= 11 is 0. The van der Waals surface area contributed by atoms with E-state index in [4.69, 9.17) is 5.73 Å². The van der Waals surface area contributed by atoms with Gasteiger partial charge in [0.05, 0.1) is 11.8 Å². The van der Waals surface area contributed by atoms with Crippen LogP contribution in [-0.2, 0) is 11.8 Å². The van der Waals surface area contributed by atoms with E-state index in [-0.39, 0.29) is 24.2 Å². The summed E-state index contributed by atoms with van der Waals surface area (Å²) < 4.78 is 1.62. The molecule has 0 spiro atoms. The molecule has 7 nitrogen and oxygen atoms in total. The van der Waals surface area contributed by atoms with Crippen LogP contribution in [-0.4, -0.2) is 52.7 Å². The molecule has 2 heterocycles. The van der Waals surface area contributed by atoms with Crippen molar-refractivity contribution in [2.45, 2.75) is 32.1 Å². The first-order chi connectivity index (χ1) is 12.1. The standard InChI is InChI=1S/C18H29N5O2.ClH/c1-22-12-15(11-21-22)17(24)20-10-13-5-7-23(8-6-13)18(25)16-4-2-3-14(16)9-19;/h11-14,16H,2-10,19H2,1H3,(H,20,24);1H/t14-,16-;/m1./s1. The van der Waals surface area contributed by atoms with E-state index in [2.05, 4.69) is 10.4 Å². The summed E-state index contributed by atoms with van der Waals surface area (Å²) in [6.07, 6.45) is 8.37. The van der Waals surface area contributed by atoms with Crippen LogP contribution >= 0.6 is 12.4 Å². The summed E-state index contributed by atoms with van der Waals surface area (Å²) in [5.74, 6) is 1.14. The second kappa shape index (κ2) is 9.37. The van der Waals surface area contributed by atoms with Crippen molar-refractivity contribution in [3.63, 3.8) is 0 Å². The lowest BCUT2D eigenvalue weighted by molar-refractivity contribution is -0.138. The molecule has 1 aromatic rings. The second-order valence-corrected chi connectivity index (χ2v) is 7.41. The number of nitrogens with two attached hydrogens (primary N) is 1. The predicted molar refractivity (Wildman–Crippen MR) is 102 cm³/mol. The maximum atomic E-state index is 12.7. The highest BCUT2D eigenvalue weighted by atomic mass is 35.5. The number of aromatic nitrogens is 2. The fourth-order valence-corrected chi connectivity index (χ4v) is 4.11. The van der Waals surface area contributed by atoms with Crippen LogP contribution in [0.4, 0.5) is 0 Å². The van der Waals surface area contributed by atoms with Crippen LogP contribution in [0.25, 0.3) is 0 Å². The van der Waals surface area contributed by atoms with Gasteiger partial charge in [-0.15, -0.1) is 12.4 Å². The van der Waals surface area contributed by atoms with Crippen molar-refractivity contribution in [2.24, 2.45) is 30.5 Å². The molecule has 1 saturated heterocycles. The lowest BCUT2D eigenvalue weighted by Gasteiger charge is -2.34. The number of amides is 2. The molecule has 0 unspecified atom stereocenters. The molecule has 2 amide bonds. The zero-order valence-electron chi connectivity index (χ0n) is 15.4. The van der Waals surface area contributed by atoms with Crippen LogP contribution in [0.5, 0.6) is 0 Å².